The maximum absolute atomic E-state index is 9.99. The summed E-state index contributed by atoms with van der Waals surface area (Å²) in [5.41, 5.74) is 0.984. The second-order valence-electron chi connectivity index (χ2n) is 3.87. The number of rotatable bonds is 4. The van der Waals surface area contributed by atoms with E-state index in [1.165, 1.54) is 6.21 Å². The maximum Gasteiger partial charge on any atom is 0.166 e. The molecule has 2 aromatic rings. The standard InChI is InChI=1S/C15H15NO3/c1-2-19-14-9-5-6-11(15(14)18)10-16-12-7-3-4-8-13(12)17/h3-10,17-18H,2H2,1H3. The second-order valence-corrected chi connectivity index (χ2v) is 3.87. The largest absolute Gasteiger partial charge is 0.506 e. The fourth-order valence-electron chi connectivity index (χ4n) is 1.63. The van der Waals surface area contributed by atoms with Crippen molar-refractivity contribution in [3.63, 3.8) is 0 Å². The van der Waals surface area contributed by atoms with Crippen LogP contribution in [0.5, 0.6) is 17.2 Å². The van der Waals surface area contributed by atoms with Crippen molar-refractivity contribution in [2.45, 2.75) is 6.92 Å². The molecule has 0 aliphatic heterocycles. The number of ether oxygens (including phenoxy) is 1. The first kappa shape index (κ1) is 13.0. The van der Waals surface area contributed by atoms with Gasteiger partial charge in [-0.2, -0.15) is 0 Å². The molecule has 98 valence electrons. The molecule has 0 radical (unpaired) electrons. The molecule has 0 aliphatic rings. The molecule has 0 aliphatic carbocycles. The summed E-state index contributed by atoms with van der Waals surface area (Å²) >= 11 is 0. The van der Waals surface area contributed by atoms with Crippen LogP contribution in [-0.2, 0) is 0 Å². The molecule has 2 N–H and O–H groups in total. The predicted octanol–water partition coefficient (Wildman–Crippen LogP) is 3.25. The lowest BCUT2D eigenvalue weighted by atomic mass is 10.2. The van der Waals surface area contributed by atoms with Crippen molar-refractivity contribution in [2.75, 3.05) is 6.61 Å². The van der Waals surface area contributed by atoms with Gasteiger partial charge >= 0.3 is 0 Å². The van der Waals surface area contributed by atoms with Crippen LogP contribution in [0.3, 0.4) is 0 Å². The van der Waals surface area contributed by atoms with E-state index < -0.39 is 0 Å². The molecule has 2 aromatic carbocycles. The molecule has 0 saturated carbocycles. The summed E-state index contributed by atoms with van der Waals surface area (Å²) in [5.74, 6) is 0.562. The van der Waals surface area contributed by atoms with Crippen molar-refractivity contribution >= 4 is 11.9 Å². The summed E-state index contributed by atoms with van der Waals surface area (Å²) in [6, 6.07) is 11.9. The van der Waals surface area contributed by atoms with Crippen LogP contribution in [0.4, 0.5) is 5.69 Å². The van der Waals surface area contributed by atoms with E-state index in [-0.39, 0.29) is 11.5 Å². The Labute approximate surface area is 111 Å². The van der Waals surface area contributed by atoms with Gasteiger partial charge in [-0.15, -0.1) is 0 Å². The second kappa shape index (κ2) is 5.91. The predicted molar refractivity (Wildman–Crippen MR) is 74.6 cm³/mol. The SMILES string of the molecule is CCOc1cccc(C=Nc2ccccc2O)c1O. The maximum atomic E-state index is 9.99. The van der Waals surface area contributed by atoms with Gasteiger partial charge in [-0.3, -0.25) is 4.99 Å². The molecular formula is C15H15NO3. The van der Waals surface area contributed by atoms with E-state index in [1.807, 2.05) is 6.92 Å². The summed E-state index contributed by atoms with van der Waals surface area (Å²) in [7, 11) is 0. The van der Waals surface area contributed by atoms with Crippen molar-refractivity contribution in [1.29, 1.82) is 0 Å². The highest BCUT2D eigenvalue weighted by atomic mass is 16.5. The minimum atomic E-state index is 0.0449. The lowest BCUT2D eigenvalue weighted by molar-refractivity contribution is 0.318. The number of hydrogen-bond acceptors (Lipinski definition) is 4. The van der Waals surface area contributed by atoms with Gasteiger partial charge in [0.15, 0.2) is 11.5 Å². The highest BCUT2D eigenvalue weighted by molar-refractivity contribution is 5.87. The van der Waals surface area contributed by atoms with Crippen molar-refractivity contribution in [3.8, 4) is 17.2 Å². The quantitative estimate of drug-likeness (QED) is 0.826. The van der Waals surface area contributed by atoms with Crippen LogP contribution in [0.1, 0.15) is 12.5 Å². The minimum Gasteiger partial charge on any atom is -0.506 e. The molecule has 0 atom stereocenters. The minimum absolute atomic E-state index is 0.0449. The molecule has 4 nitrogen and oxygen atoms in total. The van der Waals surface area contributed by atoms with E-state index in [0.717, 1.165) is 0 Å². The van der Waals surface area contributed by atoms with E-state index in [2.05, 4.69) is 4.99 Å². The van der Waals surface area contributed by atoms with E-state index in [1.54, 1.807) is 42.5 Å². The van der Waals surface area contributed by atoms with Crippen LogP contribution in [0.25, 0.3) is 0 Å². The third kappa shape index (κ3) is 3.04. The Balaban J connectivity index is 2.29. The Kier molecular flexibility index (Phi) is 4.03. The van der Waals surface area contributed by atoms with E-state index in [0.29, 0.717) is 23.6 Å². The number of phenols is 2. The average Bonchev–Trinajstić information content (AvgIpc) is 2.42. The number of para-hydroxylation sites is 3. The number of hydrogen-bond donors (Lipinski definition) is 2. The summed E-state index contributed by atoms with van der Waals surface area (Å²) in [6.07, 6.45) is 1.49. The number of aliphatic imine (C=N–C) groups is 1. The molecule has 19 heavy (non-hydrogen) atoms. The molecule has 0 amide bonds. The zero-order valence-corrected chi connectivity index (χ0v) is 10.6. The molecular weight excluding hydrogens is 242 g/mol. The van der Waals surface area contributed by atoms with Gasteiger partial charge < -0.3 is 14.9 Å². The molecule has 0 unspecified atom stereocenters. The monoisotopic (exact) mass is 257 g/mol. The van der Waals surface area contributed by atoms with Crippen LogP contribution in [0, 0.1) is 0 Å². The van der Waals surface area contributed by atoms with Crippen molar-refractivity contribution < 1.29 is 14.9 Å². The molecule has 0 saturated heterocycles. The van der Waals surface area contributed by atoms with Crippen LogP contribution in [0.15, 0.2) is 47.5 Å². The summed E-state index contributed by atoms with van der Waals surface area (Å²) < 4.78 is 5.29. The van der Waals surface area contributed by atoms with Gasteiger partial charge in [0.25, 0.3) is 0 Å². The Bertz CT molecular complexity index is 594. The molecule has 2 rings (SSSR count). The third-order valence-corrected chi connectivity index (χ3v) is 2.55. The van der Waals surface area contributed by atoms with Gasteiger partial charge in [0.1, 0.15) is 11.4 Å². The fraction of sp³-hybridized carbons (Fsp3) is 0.133. The smallest absolute Gasteiger partial charge is 0.166 e. The highest BCUT2D eigenvalue weighted by Crippen LogP contribution is 2.30. The fourth-order valence-corrected chi connectivity index (χ4v) is 1.63. The Morgan fingerprint density at radius 2 is 1.89 bits per heavy atom. The Morgan fingerprint density at radius 3 is 2.63 bits per heavy atom. The first-order chi connectivity index (χ1) is 9.22. The normalized spacial score (nSPS) is 10.8. The van der Waals surface area contributed by atoms with Gasteiger partial charge in [0.2, 0.25) is 0 Å². The zero-order valence-electron chi connectivity index (χ0n) is 10.6. The van der Waals surface area contributed by atoms with Crippen molar-refractivity contribution in [1.82, 2.24) is 0 Å². The van der Waals surface area contributed by atoms with Crippen LogP contribution in [0.2, 0.25) is 0 Å². The van der Waals surface area contributed by atoms with E-state index >= 15 is 0 Å². The number of aromatic hydroxyl groups is 2. The topological polar surface area (TPSA) is 62.0 Å². The summed E-state index contributed by atoms with van der Waals surface area (Å²) in [6.45, 7) is 2.33. The van der Waals surface area contributed by atoms with Crippen LogP contribution < -0.4 is 4.74 Å². The van der Waals surface area contributed by atoms with Gasteiger partial charge in [0.05, 0.1) is 6.61 Å². The van der Waals surface area contributed by atoms with Crippen molar-refractivity contribution in [2.24, 2.45) is 4.99 Å². The third-order valence-electron chi connectivity index (χ3n) is 2.55. The summed E-state index contributed by atoms with van der Waals surface area (Å²) in [5, 5.41) is 19.6. The van der Waals surface area contributed by atoms with E-state index in [9.17, 15) is 10.2 Å². The summed E-state index contributed by atoms with van der Waals surface area (Å²) in [4.78, 5) is 4.15. The molecule has 0 heterocycles. The van der Waals surface area contributed by atoms with Crippen molar-refractivity contribution in [3.05, 3.63) is 48.0 Å². The highest BCUT2D eigenvalue weighted by Gasteiger charge is 2.05. The van der Waals surface area contributed by atoms with Gasteiger partial charge in [-0.1, -0.05) is 18.2 Å². The van der Waals surface area contributed by atoms with Gasteiger partial charge in [-0.05, 0) is 31.2 Å². The number of benzene rings is 2. The van der Waals surface area contributed by atoms with Gasteiger partial charge in [-0.25, -0.2) is 0 Å². The molecule has 0 aromatic heterocycles. The van der Waals surface area contributed by atoms with E-state index in [4.69, 9.17) is 4.74 Å². The Hall–Kier alpha value is -2.49. The van der Waals surface area contributed by atoms with Gasteiger partial charge in [0, 0.05) is 11.8 Å². The van der Waals surface area contributed by atoms with Crippen LogP contribution in [-0.4, -0.2) is 23.0 Å². The zero-order chi connectivity index (χ0) is 13.7. The average molecular weight is 257 g/mol. The number of phenolic OH excluding ortho intramolecular Hbond substituents is 2. The molecule has 4 heteroatoms. The lowest BCUT2D eigenvalue weighted by Crippen LogP contribution is -1.93. The molecule has 0 fully saturated rings. The molecule has 0 bridgehead atoms. The van der Waals surface area contributed by atoms with Crippen LogP contribution >= 0.6 is 0 Å². The lowest BCUT2D eigenvalue weighted by Gasteiger charge is -2.07. The molecule has 0 spiro atoms. The first-order valence-electron chi connectivity index (χ1n) is 5.99. The first-order valence-corrected chi connectivity index (χ1v) is 5.99. The number of nitrogens with zero attached hydrogens (tertiary/aromatic N) is 1. The Morgan fingerprint density at radius 1 is 1.11 bits per heavy atom.